The van der Waals surface area contributed by atoms with Crippen molar-refractivity contribution in [3.8, 4) is 22.6 Å². The highest BCUT2D eigenvalue weighted by atomic mass is 32.2. The topological polar surface area (TPSA) is 90.9 Å². The van der Waals surface area contributed by atoms with E-state index in [0.717, 1.165) is 16.7 Å². The van der Waals surface area contributed by atoms with Crippen molar-refractivity contribution >= 4 is 15.9 Å². The van der Waals surface area contributed by atoms with Gasteiger partial charge in [0.25, 0.3) is 0 Å². The molecule has 7 nitrogen and oxygen atoms in total. The highest BCUT2D eigenvalue weighted by molar-refractivity contribution is 7.90. The van der Waals surface area contributed by atoms with E-state index in [4.69, 9.17) is 14.2 Å². The number of para-hydroxylation sites is 1. The van der Waals surface area contributed by atoms with Gasteiger partial charge >= 0.3 is 6.09 Å². The van der Waals surface area contributed by atoms with Crippen molar-refractivity contribution in [3.63, 3.8) is 0 Å². The molecule has 3 aromatic rings. The summed E-state index contributed by atoms with van der Waals surface area (Å²) in [5.74, 6) is 0.788. The molecule has 0 spiro atoms. The molecule has 0 aliphatic rings. The molecule has 1 N–H and O–H groups in total. The molecule has 0 aliphatic heterocycles. The van der Waals surface area contributed by atoms with E-state index in [1.165, 1.54) is 7.11 Å². The van der Waals surface area contributed by atoms with Gasteiger partial charge in [0.15, 0.2) is 9.84 Å². The molecule has 8 heteroatoms. The Morgan fingerprint density at radius 3 is 2.27 bits per heavy atom. The van der Waals surface area contributed by atoms with E-state index in [1.807, 2.05) is 69.3 Å². The Bertz CT molecular complexity index is 1330. The molecule has 198 valence electrons. The van der Waals surface area contributed by atoms with Crippen LogP contribution in [0, 0.1) is 0 Å². The molecule has 3 rings (SSSR count). The average Bonchev–Trinajstić information content (AvgIpc) is 2.85. The molecule has 0 unspecified atom stereocenters. The molecule has 0 saturated heterocycles. The number of hydrogen-bond acceptors (Lipinski definition) is 6. The first-order chi connectivity index (χ1) is 17.5. The summed E-state index contributed by atoms with van der Waals surface area (Å²) >= 11 is 0. The molecule has 0 aliphatic carbocycles. The second-order valence-corrected chi connectivity index (χ2v) is 11.6. The lowest BCUT2D eigenvalue weighted by atomic mass is 10.0. The molecule has 0 aromatic heterocycles. The maximum absolute atomic E-state index is 13.5. The van der Waals surface area contributed by atoms with E-state index in [-0.39, 0.29) is 10.6 Å². The van der Waals surface area contributed by atoms with E-state index in [0.29, 0.717) is 36.4 Å². The van der Waals surface area contributed by atoms with Crippen molar-refractivity contribution in [1.29, 1.82) is 0 Å². The Balaban J connectivity index is 1.74. The SMILES string of the molecule is COc1ccccc1-c1ccc(OC)c(S(=O)(=O)Cc2cccc(CCCNC(=O)OC(C)(C)C)c2)c1. The first kappa shape index (κ1) is 28.1. The summed E-state index contributed by atoms with van der Waals surface area (Å²) in [6.45, 7) is 5.91. The molecule has 1 amide bonds. The number of sulfone groups is 1. The van der Waals surface area contributed by atoms with Crippen LogP contribution in [0.1, 0.15) is 38.3 Å². The summed E-state index contributed by atoms with van der Waals surface area (Å²) in [5, 5.41) is 2.74. The van der Waals surface area contributed by atoms with Gasteiger partial charge in [-0.05, 0) is 68.5 Å². The molecule has 0 radical (unpaired) electrons. The predicted octanol–water partition coefficient (Wildman–Crippen LogP) is 5.80. The van der Waals surface area contributed by atoms with Gasteiger partial charge in [-0.3, -0.25) is 0 Å². The quantitative estimate of drug-likeness (QED) is 0.336. The highest BCUT2D eigenvalue weighted by Crippen LogP contribution is 2.35. The van der Waals surface area contributed by atoms with E-state index in [9.17, 15) is 13.2 Å². The minimum Gasteiger partial charge on any atom is -0.496 e. The predicted molar refractivity (Wildman–Crippen MR) is 145 cm³/mol. The maximum atomic E-state index is 13.5. The number of nitrogens with one attached hydrogen (secondary N) is 1. The summed E-state index contributed by atoms with van der Waals surface area (Å²) in [6, 6.07) is 20.1. The second kappa shape index (κ2) is 12.1. The lowest BCUT2D eigenvalue weighted by Gasteiger charge is -2.19. The number of hydrogen-bond donors (Lipinski definition) is 1. The van der Waals surface area contributed by atoms with Crippen LogP contribution in [0.15, 0.2) is 71.6 Å². The number of ether oxygens (including phenoxy) is 3. The van der Waals surface area contributed by atoms with E-state index >= 15 is 0 Å². The number of carbonyl (C=O) groups excluding carboxylic acids is 1. The number of alkyl carbamates (subject to hydrolysis) is 1. The first-order valence-electron chi connectivity index (χ1n) is 12.1. The van der Waals surface area contributed by atoms with Gasteiger partial charge in [0.2, 0.25) is 0 Å². The normalized spacial score (nSPS) is 11.6. The van der Waals surface area contributed by atoms with E-state index in [1.54, 1.807) is 25.3 Å². The fraction of sp³-hybridized carbons (Fsp3) is 0.345. The highest BCUT2D eigenvalue weighted by Gasteiger charge is 2.22. The van der Waals surface area contributed by atoms with Gasteiger partial charge < -0.3 is 19.5 Å². The zero-order chi connectivity index (χ0) is 27.1. The van der Waals surface area contributed by atoms with Crippen LogP contribution in [0.4, 0.5) is 4.79 Å². The van der Waals surface area contributed by atoms with Crippen molar-refractivity contribution in [2.45, 2.75) is 49.9 Å². The van der Waals surface area contributed by atoms with Crippen LogP contribution in [0.25, 0.3) is 11.1 Å². The number of amides is 1. The van der Waals surface area contributed by atoms with Crippen LogP contribution < -0.4 is 14.8 Å². The van der Waals surface area contributed by atoms with Crippen LogP contribution in [-0.2, 0) is 26.7 Å². The number of rotatable bonds is 10. The minimum atomic E-state index is -3.72. The summed E-state index contributed by atoms with van der Waals surface area (Å²) in [5.41, 5.74) is 2.66. The van der Waals surface area contributed by atoms with Crippen LogP contribution >= 0.6 is 0 Å². The van der Waals surface area contributed by atoms with Crippen LogP contribution in [0.2, 0.25) is 0 Å². The molecule has 0 fully saturated rings. The molecule has 0 bridgehead atoms. The molecular weight excluding hydrogens is 490 g/mol. The van der Waals surface area contributed by atoms with Gasteiger partial charge in [0, 0.05) is 12.1 Å². The van der Waals surface area contributed by atoms with Crippen molar-refractivity contribution in [1.82, 2.24) is 5.32 Å². The van der Waals surface area contributed by atoms with Crippen molar-refractivity contribution < 1.29 is 27.4 Å². The Morgan fingerprint density at radius 2 is 1.57 bits per heavy atom. The number of carbonyl (C=O) groups is 1. The zero-order valence-corrected chi connectivity index (χ0v) is 22.9. The third-order valence-corrected chi connectivity index (χ3v) is 7.28. The smallest absolute Gasteiger partial charge is 0.407 e. The number of methoxy groups -OCH3 is 2. The van der Waals surface area contributed by atoms with Crippen LogP contribution in [-0.4, -0.2) is 40.9 Å². The van der Waals surface area contributed by atoms with Crippen molar-refractivity contribution in [2.75, 3.05) is 20.8 Å². The van der Waals surface area contributed by atoms with Gasteiger partial charge in [0.1, 0.15) is 22.0 Å². The molecular formula is C29H35NO6S. The molecule has 37 heavy (non-hydrogen) atoms. The van der Waals surface area contributed by atoms with Crippen LogP contribution in [0.3, 0.4) is 0 Å². The van der Waals surface area contributed by atoms with Gasteiger partial charge in [0.05, 0.1) is 20.0 Å². The van der Waals surface area contributed by atoms with Gasteiger partial charge in [-0.1, -0.05) is 48.5 Å². The Labute approximate surface area is 219 Å². The molecule has 0 atom stereocenters. The second-order valence-electron chi connectivity index (χ2n) is 9.68. The molecule has 0 saturated carbocycles. The average molecular weight is 526 g/mol. The zero-order valence-electron chi connectivity index (χ0n) is 22.0. The van der Waals surface area contributed by atoms with Crippen molar-refractivity contribution in [3.05, 3.63) is 77.9 Å². The third kappa shape index (κ3) is 7.98. The maximum Gasteiger partial charge on any atom is 0.407 e. The summed E-state index contributed by atoms with van der Waals surface area (Å²) in [6.07, 6.45) is 0.942. The number of benzene rings is 3. The first-order valence-corrected chi connectivity index (χ1v) is 13.8. The lowest BCUT2D eigenvalue weighted by molar-refractivity contribution is 0.0527. The summed E-state index contributed by atoms with van der Waals surface area (Å²) in [7, 11) is -0.671. The molecule has 0 heterocycles. The van der Waals surface area contributed by atoms with Gasteiger partial charge in [-0.15, -0.1) is 0 Å². The fourth-order valence-electron chi connectivity index (χ4n) is 3.94. The van der Waals surface area contributed by atoms with Crippen molar-refractivity contribution in [2.24, 2.45) is 0 Å². The van der Waals surface area contributed by atoms with E-state index in [2.05, 4.69) is 5.32 Å². The van der Waals surface area contributed by atoms with Gasteiger partial charge in [-0.25, -0.2) is 13.2 Å². The minimum absolute atomic E-state index is 0.130. The Kier molecular flexibility index (Phi) is 9.21. The Hall–Kier alpha value is -3.52. The lowest BCUT2D eigenvalue weighted by Crippen LogP contribution is -2.33. The Morgan fingerprint density at radius 1 is 0.865 bits per heavy atom. The standard InChI is InChI=1S/C29H35NO6S/c1-29(2,3)36-28(31)30-17-9-12-21-10-8-11-22(18-21)20-37(32,33)27-19-23(15-16-26(27)35-5)24-13-6-7-14-25(24)34-4/h6-8,10-11,13-16,18-19H,9,12,17,20H2,1-5H3,(H,30,31). The van der Waals surface area contributed by atoms with Crippen LogP contribution in [0.5, 0.6) is 11.5 Å². The van der Waals surface area contributed by atoms with Gasteiger partial charge in [-0.2, -0.15) is 0 Å². The molecule has 3 aromatic carbocycles. The monoisotopic (exact) mass is 525 g/mol. The largest absolute Gasteiger partial charge is 0.496 e. The summed E-state index contributed by atoms with van der Waals surface area (Å²) < 4.78 is 43.1. The number of aryl methyl sites for hydroxylation is 1. The third-order valence-electron chi connectivity index (χ3n) is 5.58. The van der Waals surface area contributed by atoms with E-state index < -0.39 is 21.5 Å². The fourth-order valence-corrected chi connectivity index (χ4v) is 5.48. The summed E-state index contributed by atoms with van der Waals surface area (Å²) in [4.78, 5) is 11.9.